The van der Waals surface area contributed by atoms with Gasteiger partial charge in [-0.05, 0) is 33.8 Å². The zero-order chi connectivity index (χ0) is 9.61. The summed E-state index contributed by atoms with van der Waals surface area (Å²) in [7, 11) is 0. The number of likely N-dealkylation sites (N-methyl/N-ethyl adjacent to an activating group) is 1. The van der Waals surface area contributed by atoms with E-state index in [1.165, 1.54) is 19.6 Å². The van der Waals surface area contributed by atoms with E-state index in [4.69, 9.17) is 11.6 Å². The number of quaternary nitrogens is 1. The van der Waals surface area contributed by atoms with Crippen molar-refractivity contribution < 1.29 is 16.9 Å². The molecule has 0 bridgehead atoms. The van der Waals surface area contributed by atoms with E-state index in [0.717, 1.165) is 16.1 Å². The van der Waals surface area contributed by atoms with Crippen LogP contribution in [0.4, 0.5) is 0 Å². The van der Waals surface area contributed by atoms with E-state index >= 15 is 0 Å². The number of hydrogen-bond donors (Lipinski definition) is 0. The Morgan fingerprint density at radius 3 is 1.77 bits per heavy atom. The Morgan fingerprint density at radius 1 is 1.15 bits per heavy atom. The summed E-state index contributed by atoms with van der Waals surface area (Å²) in [5, 5.41) is 0.910. The Kier molecular flexibility index (Phi) is 9.28. The molecule has 0 heterocycles. The molecule has 0 rings (SSSR count). The minimum atomic E-state index is 0. The van der Waals surface area contributed by atoms with Gasteiger partial charge in [0.25, 0.3) is 0 Å². The third-order valence-corrected chi connectivity index (χ3v) is 2.93. The van der Waals surface area contributed by atoms with E-state index in [2.05, 4.69) is 26.8 Å². The van der Waals surface area contributed by atoms with Gasteiger partial charge in [-0.1, -0.05) is 11.6 Å². The molecule has 0 N–H and O–H groups in total. The predicted octanol–water partition coefficient (Wildman–Crippen LogP) is 0.00950. The van der Waals surface area contributed by atoms with Crippen LogP contribution in [0.5, 0.6) is 0 Å². The van der Waals surface area contributed by atoms with Crippen molar-refractivity contribution in [3.63, 3.8) is 0 Å². The number of nitrogens with zero attached hydrogens (tertiary/aromatic N) is 1. The monoisotopic (exact) mass is 225 g/mol. The van der Waals surface area contributed by atoms with Gasteiger partial charge < -0.3 is 16.9 Å². The average molecular weight is 226 g/mol. The summed E-state index contributed by atoms with van der Waals surface area (Å²) in [6.45, 7) is 13.3. The lowest BCUT2D eigenvalue weighted by Crippen LogP contribution is -3.00. The Morgan fingerprint density at radius 2 is 1.54 bits per heavy atom. The molecular weight excluding hydrogens is 205 g/mol. The normalized spacial score (nSPS) is 12.5. The van der Waals surface area contributed by atoms with Crippen LogP contribution in [0.3, 0.4) is 0 Å². The van der Waals surface area contributed by atoms with Gasteiger partial charge in [0.2, 0.25) is 0 Å². The zero-order valence-electron chi connectivity index (χ0n) is 9.11. The number of hydrogen-bond acceptors (Lipinski definition) is 0. The molecule has 0 fully saturated rings. The first-order chi connectivity index (χ1) is 5.60. The molecule has 80 valence electrons. The highest BCUT2D eigenvalue weighted by Crippen LogP contribution is 2.08. The fraction of sp³-hybridized carbons (Fsp3) is 0.800. The van der Waals surface area contributed by atoms with Crippen LogP contribution < -0.4 is 12.4 Å². The van der Waals surface area contributed by atoms with Gasteiger partial charge in [0.15, 0.2) is 0 Å². The van der Waals surface area contributed by atoms with Crippen LogP contribution in [0.15, 0.2) is 11.1 Å². The van der Waals surface area contributed by atoms with Crippen LogP contribution in [0.2, 0.25) is 0 Å². The van der Waals surface area contributed by atoms with Crippen LogP contribution in [-0.2, 0) is 0 Å². The van der Waals surface area contributed by atoms with Crippen molar-refractivity contribution in [3.8, 4) is 0 Å². The maximum Gasteiger partial charge on any atom is 0.0987 e. The van der Waals surface area contributed by atoms with Gasteiger partial charge in [-0.15, -0.1) is 0 Å². The van der Waals surface area contributed by atoms with Crippen molar-refractivity contribution in [2.45, 2.75) is 27.7 Å². The van der Waals surface area contributed by atoms with E-state index in [1.807, 2.05) is 6.92 Å². The first-order valence-electron chi connectivity index (χ1n) is 4.77. The van der Waals surface area contributed by atoms with Crippen LogP contribution in [0, 0.1) is 0 Å². The van der Waals surface area contributed by atoms with Gasteiger partial charge in [-0.3, -0.25) is 0 Å². The first kappa shape index (κ1) is 15.7. The van der Waals surface area contributed by atoms with Gasteiger partial charge in [0, 0.05) is 5.03 Å². The molecule has 0 aliphatic rings. The molecular formula is C10H21Cl2N. The second kappa shape index (κ2) is 7.66. The third-order valence-electron chi connectivity index (χ3n) is 2.77. The number of rotatable bonds is 5. The summed E-state index contributed by atoms with van der Waals surface area (Å²) in [4.78, 5) is 0. The lowest BCUT2D eigenvalue weighted by atomic mass is 10.3. The quantitative estimate of drug-likeness (QED) is 0.579. The van der Waals surface area contributed by atoms with E-state index in [0.29, 0.717) is 0 Å². The molecule has 1 nitrogen and oxygen atoms in total. The Hall–Kier alpha value is 0.280. The lowest BCUT2D eigenvalue weighted by molar-refractivity contribution is -0.917. The van der Waals surface area contributed by atoms with E-state index in [9.17, 15) is 0 Å². The molecule has 0 aromatic rings. The fourth-order valence-electron chi connectivity index (χ4n) is 1.38. The number of halogens is 2. The molecule has 0 amide bonds. The molecule has 0 aromatic carbocycles. The van der Waals surface area contributed by atoms with Crippen LogP contribution in [-0.4, -0.2) is 30.7 Å². The molecule has 0 aromatic heterocycles. The molecule has 0 radical (unpaired) electrons. The van der Waals surface area contributed by atoms with Crippen molar-refractivity contribution in [2.75, 3.05) is 26.2 Å². The molecule has 3 heteroatoms. The molecule has 0 atom stereocenters. The molecule has 0 spiro atoms. The topological polar surface area (TPSA) is 0 Å². The Labute approximate surface area is 93.8 Å². The maximum absolute atomic E-state index is 5.81. The minimum absolute atomic E-state index is 0. The molecule has 0 unspecified atom stereocenters. The average Bonchev–Trinajstić information content (AvgIpc) is 2.08. The molecule has 0 aliphatic heterocycles. The maximum atomic E-state index is 5.81. The van der Waals surface area contributed by atoms with Crippen molar-refractivity contribution in [1.82, 2.24) is 0 Å². The predicted molar refractivity (Wildman–Crippen MR) is 56.4 cm³/mol. The van der Waals surface area contributed by atoms with Gasteiger partial charge in [-0.2, -0.15) is 0 Å². The summed E-state index contributed by atoms with van der Waals surface area (Å²) in [6.07, 6.45) is 2.12. The smallest absolute Gasteiger partial charge is 0.0987 e. The van der Waals surface area contributed by atoms with Gasteiger partial charge in [0.1, 0.15) is 0 Å². The second-order valence-corrected chi connectivity index (χ2v) is 3.86. The Balaban J connectivity index is 0. The fourth-order valence-corrected chi connectivity index (χ4v) is 1.45. The summed E-state index contributed by atoms with van der Waals surface area (Å²) in [5.41, 5.74) is 0. The van der Waals surface area contributed by atoms with Crippen molar-refractivity contribution in [3.05, 3.63) is 11.1 Å². The summed E-state index contributed by atoms with van der Waals surface area (Å²) in [6, 6.07) is 0. The zero-order valence-corrected chi connectivity index (χ0v) is 10.6. The highest BCUT2D eigenvalue weighted by atomic mass is 35.5. The SMILES string of the molecule is CC[N+](CC)(CC)C/C=C(\C)Cl.[Cl-]. The minimum Gasteiger partial charge on any atom is -1.00 e. The van der Waals surface area contributed by atoms with Crippen molar-refractivity contribution in [2.24, 2.45) is 0 Å². The molecule has 13 heavy (non-hydrogen) atoms. The van der Waals surface area contributed by atoms with Crippen molar-refractivity contribution in [1.29, 1.82) is 0 Å². The molecule has 0 saturated heterocycles. The molecule has 0 saturated carbocycles. The largest absolute Gasteiger partial charge is 1.00 e. The van der Waals surface area contributed by atoms with Crippen LogP contribution >= 0.6 is 11.6 Å². The lowest BCUT2D eigenvalue weighted by Gasteiger charge is -2.34. The second-order valence-electron chi connectivity index (χ2n) is 3.26. The standard InChI is InChI=1S/C10H21ClN.ClH/c1-5-12(6-2,7-3)9-8-10(4)11;/h8H,5-7,9H2,1-4H3;1H/q+1;/p-1/b10-8+;. The van der Waals surface area contributed by atoms with Crippen LogP contribution in [0.1, 0.15) is 27.7 Å². The summed E-state index contributed by atoms with van der Waals surface area (Å²) >= 11 is 5.81. The van der Waals surface area contributed by atoms with Gasteiger partial charge in [-0.25, -0.2) is 0 Å². The first-order valence-corrected chi connectivity index (χ1v) is 5.15. The van der Waals surface area contributed by atoms with Crippen LogP contribution in [0.25, 0.3) is 0 Å². The number of allylic oxidation sites excluding steroid dienone is 1. The van der Waals surface area contributed by atoms with E-state index < -0.39 is 0 Å². The highest BCUT2D eigenvalue weighted by Gasteiger charge is 2.18. The van der Waals surface area contributed by atoms with Gasteiger partial charge >= 0.3 is 0 Å². The Bertz CT molecular complexity index is 139. The van der Waals surface area contributed by atoms with E-state index in [1.54, 1.807) is 0 Å². The summed E-state index contributed by atoms with van der Waals surface area (Å²) < 4.78 is 1.14. The third kappa shape index (κ3) is 5.56. The van der Waals surface area contributed by atoms with E-state index in [-0.39, 0.29) is 12.4 Å². The molecule has 0 aliphatic carbocycles. The summed E-state index contributed by atoms with van der Waals surface area (Å²) in [5.74, 6) is 0. The van der Waals surface area contributed by atoms with Crippen molar-refractivity contribution >= 4 is 11.6 Å². The highest BCUT2D eigenvalue weighted by molar-refractivity contribution is 6.29. The van der Waals surface area contributed by atoms with Gasteiger partial charge in [0.05, 0.1) is 26.2 Å².